The molecule has 2 heteroatoms. The number of rotatable bonds is 59. The van der Waals surface area contributed by atoms with Crippen LogP contribution in [0.3, 0.4) is 0 Å². The molecule has 0 aliphatic rings. The molecule has 0 amide bonds. The largest absolute Gasteiger partial charge is 0.466 e. The van der Waals surface area contributed by atoms with Crippen molar-refractivity contribution in [2.24, 2.45) is 0 Å². The first kappa shape index (κ1) is 64.2. The second-order valence-corrected chi connectivity index (χ2v) is 21.4. The Labute approximate surface area is 412 Å². The highest BCUT2D eigenvalue weighted by Gasteiger charge is 2.03. The third kappa shape index (κ3) is 61.2. The molecule has 388 valence electrons. The lowest BCUT2D eigenvalue weighted by atomic mass is 10.0. The summed E-state index contributed by atoms with van der Waals surface area (Å²) in [7, 11) is 0. The summed E-state index contributed by atoms with van der Waals surface area (Å²) in [5.41, 5.74) is 0. The summed E-state index contributed by atoms with van der Waals surface area (Å²) in [5.74, 6) is 0.0322. The number of hydrogen-bond donors (Lipinski definition) is 0. The van der Waals surface area contributed by atoms with Crippen molar-refractivity contribution in [1.29, 1.82) is 0 Å². The Bertz CT molecular complexity index is 863. The summed E-state index contributed by atoms with van der Waals surface area (Å²) in [5, 5.41) is 0. The Morgan fingerprint density at radius 3 is 0.662 bits per heavy atom. The van der Waals surface area contributed by atoms with Crippen LogP contribution in [0.5, 0.6) is 0 Å². The van der Waals surface area contributed by atoms with E-state index >= 15 is 0 Å². The molecule has 0 saturated carbocycles. The lowest BCUT2D eigenvalue weighted by molar-refractivity contribution is -0.143. The van der Waals surface area contributed by atoms with E-state index in [1.54, 1.807) is 0 Å². The first-order chi connectivity index (χ1) is 32.3. The van der Waals surface area contributed by atoms with Gasteiger partial charge in [0.05, 0.1) is 6.61 Å². The molecule has 0 radical (unpaired) electrons. The Kier molecular flexibility index (Phi) is 60.5. The van der Waals surface area contributed by atoms with Crippen molar-refractivity contribution >= 4 is 5.97 Å². The third-order valence-electron chi connectivity index (χ3n) is 14.7. The Hall–Kier alpha value is -0.790. The first-order valence-electron chi connectivity index (χ1n) is 31.1. The van der Waals surface area contributed by atoms with Crippen molar-refractivity contribution in [3.63, 3.8) is 0 Å². The molecule has 0 N–H and O–H groups in total. The number of allylic oxidation sites excluding steroid dienone is 2. The first-order valence-corrected chi connectivity index (χ1v) is 31.1. The Balaban J connectivity index is 3.15. The lowest BCUT2D eigenvalue weighted by Crippen LogP contribution is -2.05. The zero-order valence-corrected chi connectivity index (χ0v) is 45.5. The average Bonchev–Trinajstić information content (AvgIpc) is 3.31. The molecule has 0 aromatic rings. The van der Waals surface area contributed by atoms with Crippen LogP contribution in [0, 0.1) is 0 Å². The fraction of sp³-hybridized carbons (Fsp3) is 0.952. The molecule has 2 nitrogen and oxygen atoms in total. The van der Waals surface area contributed by atoms with Gasteiger partial charge in [0.25, 0.3) is 0 Å². The van der Waals surface area contributed by atoms with Crippen LogP contribution in [-0.4, -0.2) is 12.6 Å². The summed E-state index contributed by atoms with van der Waals surface area (Å²) in [6, 6.07) is 0. The number of ether oxygens (including phenoxy) is 1. The van der Waals surface area contributed by atoms with Gasteiger partial charge in [-0.15, -0.1) is 0 Å². The number of esters is 1. The topological polar surface area (TPSA) is 26.3 Å². The Morgan fingerprint density at radius 1 is 0.246 bits per heavy atom. The molecular formula is C63H124O2. The molecular weight excluding hydrogens is 789 g/mol. The van der Waals surface area contributed by atoms with Crippen LogP contribution >= 0.6 is 0 Å². The monoisotopic (exact) mass is 913 g/mol. The van der Waals surface area contributed by atoms with Gasteiger partial charge in [-0.2, -0.15) is 0 Å². The predicted molar refractivity (Wildman–Crippen MR) is 295 cm³/mol. The second-order valence-electron chi connectivity index (χ2n) is 21.4. The fourth-order valence-corrected chi connectivity index (χ4v) is 10.0. The zero-order chi connectivity index (χ0) is 46.7. The van der Waals surface area contributed by atoms with Crippen LogP contribution in [-0.2, 0) is 9.53 Å². The highest BCUT2D eigenvalue weighted by Crippen LogP contribution is 2.19. The van der Waals surface area contributed by atoms with Crippen LogP contribution in [0.4, 0.5) is 0 Å². The molecule has 0 bridgehead atoms. The smallest absolute Gasteiger partial charge is 0.305 e. The predicted octanol–water partition coefficient (Wildman–Crippen LogP) is 23.4. The minimum atomic E-state index is 0.0322. The molecule has 65 heavy (non-hydrogen) atoms. The summed E-state index contributed by atoms with van der Waals surface area (Å²) in [4.78, 5) is 12.1. The molecule has 0 aromatic heterocycles. The van der Waals surface area contributed by atoms with Gasteiger partial charge in [0.15, 0.2) is 0 Å². The van der Waals surface area contributed by atoms with Crippen LogP contribution < -0.4 is 0 Å². The van der Waals surface area contributed by atoms with E-state index in [0.717, 1.165) is 12.8 Å². The molecule has 0 saturated heterocycles. The van der Waals surface area contributed by atoms with Gasteiger partial charge >= 0.3 is 5.97 Å². The maximum atomic E-state index is 12.1. The maximum absolute atomic E-state index is 12.1. The van der Waals surface area contributed by atoms with Gasteiger partial charge in [0, 0.05) is 6.42 Å². The zero-order valence-electron chi connectivity index (χ0n) is 45.5. The number of carbonyl (C=O) groups is 1. The number of carbonyl (C=O) groups excluding carboxylic acids is 1. The minimum Gasteiger partial charge on any atom is -0.466 e. The maximum Gasteiger partial charge on any atom is 0.305 e. The highest BCUT2D eigenvalue weighted by molar-refractivity contribution is 5.69. The van der Waals surface area contributed by atoms with Gasteiger partial charge in [-0.25, -0.2) is 0 Å². The van der Waals surface area contributed by atoms with Gasteiger partial charge in [0.2, 0.25) is 0 Å². The quantitative estimate of drug-likeness (QED) is 0.0345. The van der Waals surface area contributed by atoms with E-state index in [0.29, 0.717) is 13.0 Å². The summed E-state index contributed by atoms with van der Waals surface area (Å²) in [6.07, 6.45) is 84.3. The van der Waals surface area contributed by atoms with Gasteiger partial charge in [-0.05, 0) is 38.5 Å². The molecule has 0 rings (SSSR count). The van der Waals surface area contributed by atoms with Crippen molar-refractivity contribution < 1.29 is 9.53 Å². The minimum absolute atomic E-state index is 0.0322. The summed E-state index contributed by atoms with van der Waals surface area (Å²) < 4.78 is 5.52. The SMILES string of the molecule is CCCCCCCCC=CCCCCCCCCCCCCCC(=O)OCCCCCCCCCCCCCCCCCCCCCCCCCCCCCCCCCCCCCCC. The summed E-state index contributed by atoms with van der Waals surface area (Å²) >= 11 is 0. The van der Waals surface area contributed by atoms with Crippen LogP contribution in [0.1, 0.15) is 380 Å². The number of unbranched alkanes of at least 4 members (excludes halogenated alkanes) is 53. The van der Waals surface area contributed by atoms with E-state index in [4.69, 9.17) is 4.74 Å². The molecule has 0 heterocycles. The summed E-state index contributed by atoms with van der Waals surface area (Å²) in [6.45, 7) is 5.24. The van der Waals surface area contributed by atoms with Crippen molar-refractivity contribution in [2.75, 3.05) is 6.61 Å². The van der Waals surface area contributed by atoms with Crippen LogP contribution in [0.15, 0.2) is 12.2 Å². The van der Waals surface area contributed by atoms with Crippen molar-refractivity contribution in [3.8, 4) is 0 Å². The van der Waals surface area contributed by atoms with E-state index in [2.05, 4.69) is 26.0 Å². The molecule has 0 aliphatic carbocycles. The van der Waals surface area contributed by atoms with Gasteiger partial charge in [-0.3, -0.25) is 4.79 Å². The van der Waals surface area contributed by atoms with Crippen molar-refractivity contribution in [1.82, 2.24) is 0 Å². The Morgan fingerprint density at radius 2 is 0.431 bits per heavy atom. The molecule has 0 spiro atoms. The fourth-order valence-electron chi connectivity index (χ4n) is 10.0. The molecule has 0 aromatic carbocycles. The number of hydrogen-bond acceptors (Lipinski definition) is 2. The van der Waals surface area contributed by atoms with E-state index in [1.807, 2.05) is 0 Å². The van der Waals surface area contributed by atoms with E-state index in [-0.39, 0.29) is 5.97 Å². The van der Waals surface area contributed by atoms with E-state index in [1.165, 1.54) is 347 Å². The normalized spacial score (nSPS) is 11.7. The van der Waals surface area contributed by atoms with E-state index < -0.39 is 0 Å². The average molecular weight is 914 g/mol. The van der Waals surface area contributed by atoms with Crippen molar-refractivity contribution in [3.05, 3.63) is 12.2 Å². The van der Waals surface area contributed by atoms with Gasteiger partial charge in [0.1, 0.15) is 0 Å². The lowest BCUT2D eigenvalue weighted by Gasteiger charge is -2.06. The molecule has 0 atom stereocenters. The second kappa shape index (κ2) is 61.2. The molecule has 0 fully saturated rings. The molecule has 0 aliphatic heterocycles. The van der Waals surface area contributed by atoms with Crippen LogP contribution in [0.25, 0.3) is 0 Å². The molecule has 0 unspecified atom stereocenters. The van der Waals surface area contributed by atoms with Crippen molar-refractivity contribution in [2.45, 2.75) is 380 Å². The van der Waals surface area contributed by atoms with Gasteiger partial charge < -0.3 is 4.74 Å². The standard InChI is InChI=1S/C63H124O2/c1-3-5-7-9-11-13-15-17-19-21-23-25-26-27-28-29-30-31-32-33-34-35-36-37-38-39-40-42-44-46-48-50-52-54-56-58-60-62-65-63(64)61-59-57-55-53-51-49-47-45-43-41-24-22-20-18-16-14-12-10-8-6-4-2/h18,20H,3-17,19,21-62H2,1-2H3. The highest BCUT2D eigenvalue weighted by atomic mass is 16.5. The van der Waals surface area contributed by atoms with Gasteiger partial charge in [-0.1, -0.05) is 347 Å². The van der Waals surface area contributed by atoms with E-state index in [9.17, 15) is 4.79 Å². The van der Waals surface area contributed by atoms with Crippen LogP contribution in [0.2, 0.25) is 0 Å². The third-order valence-corrected chi connectivity index (χ3v) is 14.7.